The molecule has 0 aromatic heterocycles. The summed E-state index contributed by atoms with van der Waals surface area (Å²) in [5.41, 5.74) is 4.10. The number of benzene rings is 2. The van der Waals surface area contributed by atoms with Gasteiger partial charge in [-0.2, -0.15) is 0 Å². The van der Waals surface area contributed by atoms with Crippen molar-refractivity contribution in [3.8, 4) is 0 Å². The molecule has 0 aliphatic rings. The van der Waals surface area contributed by atoms with E-state index < -0.39 is 0 Å². The molecule has 1 unspecified atom stereocenters. The van der Waals surface area contributed by atoms with Crippen LogP contribution >= 0.6 is 15.9 Å². The van der Waals surface area contributed by atoms with Crippen LogP contribution in [0.2, 0.25) is 0 Å². The lowest BCUT2D eigenvalue weighted by atomic mass is 9.99. The Labute approximate surface area is 118 Å². The molecule has 0 bridgehead atoms. The van der Waals surface area contributed by atoms with Gasteiger partial charge in [0.15, 0.2) is 0 Å². The molecule has 2 aromatic carbocycles. The summed E-state index contributed by atoms with van der Waals surface area (Å²) >= 11 is 3.74. The minimum atomic E-state index is 0.447. The number of hydrogen-bond acceptors (Lipinski definition) is 0. The molecule has 0 saturated heterocycles. The quantitative estimate of drug-likeness (QED) is 0.666. The number of halogens is 1. The highest BCUT2D eigenvalue weighted by atomic mass is 79.9. The van der Waals surface area contributed by atoms with Crippen molar-refractivity contribution in [1.29, 1.82) is 0 Å². The number of rotatable bonds is 4. The van der Waals surface area contributed by atoms with Gasteiger partial charge in [0.05, 0.1) is 0 Å². The summed E-state index contributed by atoms with van der Waals surface area (Å²) in [6.45, 7) is 4.47. The van der Waals surface area contributed by atoms with Gasteiger partial charge in [-0.25, -0.2) is 0 Å². The summed E-state index contributed by atoms with van der Waals surface area (Å²) in [7, 11) is 0. The Bertz CT molecular complexity index is 471. The SMILES string of the molecule is CC(C)C(Br)c1ccc(Cc2ccccc2)cc1. The molecule has 0 nitrogen and oxygen atoms in total. The van der Waals surface area contributed by atoms with E-state index in [1.807, 2.05) is 0 Å². The van der Waals surface area contributed by atoms with Gasteiger partial charge in [0, 0.05) is 4.83 Å². The normalized spacial score (nSPS) is 12.7. The molecule has 2 rings (SSSR count). The summed E-state index contributed by atoms with van der Waals surface area (Å²) in [6.07, 6.45) is 1.01. The molecule has 0 spiro atoms. The van der Waals surface area contributed by atoms with Crippen molar-refractivity contribution in [3.63, 3.8) is 0 Å². The van der Waals surface area contributed by atoms with Crippen molar-refractivity contribution in [2.45, 2.75) is 25.1 Å². The van der Waals surface area contributed by atoms with Gasteiger partial charge >= 0.3 is 0 Å². The second-order valence-corrected chi connectivity index (χ2v) is 6.04. The van der Waals surface area contributed by atoms with Gasteiger partial charge in [0.2, 0.25) is 0 Å². The number of alkyl halides is 1. The lowest BCUT2D eigenvalue weighted by Crippen LogP contribution is -1.98. The monoisotopic (exact) mass is 302 g/mol. The Morgan fingerprint density at radius 1 is 0.833 bits per heavy atom. The predicted molar refractivity (Wildman–Crippen MR) is 82.2 cm³/mol. The van der Waals surface area contributed by atoms with Gasteiger partial charge in [-0.05, 0) is 29.0 Å². The van der Waals surface area contributed by atoms with Crippen molar-refractivity contribution in [3.05, 3.63) is 71.3 Å². The van der Waals surface area contributed by atoms with Crippen LogP contribution in [0.5, 0.6) is 0 Å². The first-order valence-electron chi connectivity index (χ1n) is 6.43. The van der Waals surface area contributed by atoms with Crippen LogP contribution in [0.4, 0.5) is 0 Å². The first kappa shape index (κ1) is 13.4. The van der Waals surface area contributed by atoms with Crippen LogP contribution in [0.3, 0.4) is 0 Å². The molecular formula is C17H19Br. The van der Waals surface area contributed by atoms with Crippen LogP contribution in [0.15, 0.2) is 54.6 Å². The van der Waals surface area contributed by atoms with Crippen molar-refractivity contribution < 1.29 is 0 Å². The molecule has 1 atom stereocenters. The van der Waals surface area contributed by atoms with Crippen LogP contribution in [-0.2, 0) is 6.42 Å². The zero-order chi connectivity index (χ0) is 13.0. The summed E-state index contributed by atoms with van der Waals surface area (Å²) in [6, 6.07) is 19.5. The van der Waals surface area contributed by atoms with Gasteiger partial charge in [-0.1, -0.05) is 84.4 Å². The molecule has 94 valence electrons. The fraction of sp³-hybridized carbons (Fsp3) is 0.294. The lowest BCUT2D eigenvalue weighted by molar-refractivity contribution is 0.641. The topological polar surface area (TPSA) is 0 Å². The molecule has 2 aromatic rings. The fourth-order valence-corrected chi connectivity index (χ4v) is 2.34. The molecule has 1 heteroatoms. The molecule has 0 saturated carbocycles. The second-order valence-electron chi connectivity index (χ2n) is 5.05. The Morgan fingerprint density at radius 2 is 1.39 bits per heavy atom. The second kappa shape index (κ2) is 6.19. The van der Waals surface area contributed by atoms with Crippen molar-refractivity contribution in [2.24, 2.45) is 5.92 Å². The smallest absolute Gasteiger partial charge is 0.0418 e. The summed E-state index contributed by atoms with van der Waals surface area (Å²) in [4.78, 5) is 0.447. The van der Waals surface area contributed by atoms with Gasteiger partial charge < -0.3 is 0 Å². The predicted octanol–water partition coefficient (Wildman–Crippen LogP) is 5.37. The molecule has 0 N–H and O–H groups in total. The first-order valence-corrected chi connectivity index (χ1v) is 7.35. The maximum atomic E-state index is 3.74. The van der Waals surface area contributed by atoms with Crippen molar-refractivity contribution in [1.82, 2.24) is 0 Å². The Hall–Kier alpha value is -1.08. The average molecular weight is 303 g/mol. The molecular weight excluding hydrogens is 284 g/mol. The maximum absolute atomic E-state index is 3.74. The van der Waals surface area contributed by atoms with Crippen LogP contribution in [0.25, 0.3) is 0 Å². The highest BCUT2D eigenvalue weighted by molar-refractivity contribution is 9.09. The highest BCUT2D eigenvalue weighted by Crippen LogP contribution is 2.30. The van der Waals surface area contributed by atoms with E-state index >= 15 is 0 Å². The summed E-state index contributed by atoms with van der Waals surface area (Å²) in [5.74, 6) is 0.616. The number of hydrogen-bond donors (Lipinski definition) is 0. The Morgan fingerprint density at radius 3 is 1.94 bits per heavy atom. The van der Waals surface area contributed by atoms with Crippen LogP contribution in [-0.4, -0.2) is 0 Å². The van der Waals surface area contributed by atoms with E-state index in [0.29, 0.717) is 10.7 Å². The molecule has 0 aliphatic heterocycles. The largest absolute Gasteiger partial charge is 0.0836 e. The van der Waals surface area contributed by atoms with Gasteiger partial charge in [-0.15, -0.1) is 0 Å². The Kier molecular flexibility index (Phi) is 4.60. The third-order valence-corrected chi connectivity index (χ3v) is 4.72. The van der Waals surface area contributed by atoms with E-state index in [2.05, 4.69) is 84.4 Å². The zero-order valence-corrected chi connectivity index (χ0v) is 12.5. The fourth-order valence-electron chi connectivity index (χ4n) is 2.04. The van der Waals surface area contributed by atoms with Crippen LogP contribution < -0.4 is 0 Å². The lowest BCUT2D eigenvalue weighted by Gasteiger charge is -2.14. The van der Waals surface area contributed by atoms with E-state index in [4.69, 9.17) is 0 Å². The van der Waals surface area contributed by atoms with E-state index in [1.54, 1.807) is 0 Å². The Balaban J connectivity index is 2.09. The molecule has 0 aliphatic carbocycles. The highest BCUT2D eigenvalue weighted by Gasteiger charge is 2.11. The van der Waals surface area contributed by atoms with Crippen molar-refractivity contribution in [2.75, 3.05) is 0 Å². The van der Waals surface area contributed by atoms with Crippen LogP contribution in [0.1, 0.15) is 35.4 Å². The van der Waals surface area contributed by atoms with Crippen LogP contribution in [0, 0.1) is 5.92 Å². The zero-order valence-electron chi connectivity index (χ0n) is 10.9. The van der Waals surface area contributed by atoms with E-state index in [1.165, 1.54) is 16.7 Å². The molecule has 0 fully saturated rings. The molecule has 0 heterocycles. The standard InChI is InChI=1S/C17H19Br/c1-13(2)17(18)16-10-8-15(9-11-16)12-14-6-4-3-5-7-14/h3-11,13,17H,12H2,1-2H3. The van der Waals surface area contributed by atoms with Gasteiger partial charge in [0.25, 0.3) is 0 Å². The molecule has 0 radical (unpaired) electrons. The minimum Gasteiger partial charge on any atom is -0.0836 e. The van der Waals surface area contributed by atoms with Gasteiger partial charge in [0.1, 0.15) is 0 Å². The maximum Gasteiger partial charge on any atom is 0.0418 e. The molecule has 18 heavy (non-hydrogen) atoms. The third-order valence-electron chi connectivity index (χ3n) is 3.13. The van der Waals surface area contributed by atoms with E-state index in [-0.39, 0.29) is 0 Å². The summed E-state index contributed by atoms with van der Waals surface area (Å²) in [5, 5.41) is 0. The van der Waals surface area contributed by atoms with E-state index in [9.17, 15) is 0 Å². The van der Waals surface area contributed by atoms with Crippen molar-refractivity contribution >= 4 is 15.9 Å². The average Bonchev–Trinajstić information content (AvgIpc) is 2.40. The minimum absolute atomic E-state index is 0.447. The van der Waals surface area contributed by atoms with Gasteiger partial charge in [-0.3, -0.25) is 0 Å². The molecule has 0 amide bonds. The third kappa shape index (κ3) is 3.46. The first-order chi connectivity index (χ1) is 8.66. The van der Waals surface area contributed by atoms with E-state index in [0.717, 1.165) is 6.42 Å². The summed E-state index contributed by atoms with van der Waals surface area (Å²) < 4.78 is 0.